The Morgan fingerprint density at radius 1 is 1.13 bits per heavy atom. The van der Waals surface area contributed by atoms with Gasteiger partial charge in [0.2, 0.25) is 0 Å². The third-order valence-corrected chi connectivity index (χ3v) is 7.46. The normalized spacial score (nSPS) is 18.5. The van der Waals surface area contributed by atoms with Gasteiger partial charge in [0.05, 0.1) is 4.92 Å². The minimum absolute atomic E-state index is 0.0667. The van der Waals surface area contributed by atoms with E-state index >= 15 is 0 Å². The van der Waals surface area contributed by atoms with Crippen LogP contribution < -0.4 is 0 Å². The SMILES string of the molecule is CC(C)c1ccc(S2=NS(=O)(=O)c3cc([N+](=O)[O-])ccc32)cc1. The van der Waals surface area contributed by atoms with Crippen LogP contribution in [0, 0.1) is 10.1 Å². The molecule has 1 atom stereocenters. The predicted molar refractivity (Wildman–Crippen MR) is 87.1 cm³/mol. The van der Waals surface area contributed by atoms with E-state index in [1.54, 1.807) is 0 Å². The summed E-state index contributed by atoms with van der Waals surface area (Å²) < 4.78 is 28.3. The van der Waals surface area contributed by atoms with Crippen LogP contribution in [0.3, 0.4) is 0 Å². The topological polar surface area (TPSA) is 89.6 Å². The largest absolute Gasteiger partial charge is 0.289 e. The van der Waals surface area contributed by atoms with Crippen molar-refractivity contribution >= 4 is 26.4 Å². The predicted octanol–water partition coefficient (Wildman–Crippen LogP) is 3.64. The fourth-order valence-corrected chi connectivity index (χ4v) is 6.31. The molecule has 0 spiro atoms. The van der Waals surface area contributed by atoms with Crippen molar-refractivity contribution < 1.29 is 13.3 Å². The molecule has 0 saturated heterocycles. The van der Waals surface area contributed by atoms with Gasteiger partial charge < -0.3 is 0 Å². The Kier molecular flexibility index (Phi) is 3.81. The quantitative estimate of drug-likeness (QED) is 0.624. The number of non-ortho nitro benzene ring substituents is 1. The van der Waals surface area contributed by atoms with Crippen molar-refractivity contribution in [2.24, 2.45) is 3.77 Å². The number of sulfonamides is 1. The van der Waals surface area contributed by atoms with Gasteiger partial charge >= 0.3 is 0 Å². The zero-order chi connectivity index (χ0) is 16.8. The van der Waals surface area contributed by atoms with Gasteiger partial charge in [-0.15, -0.1) is 3.77 Å². The number of nitrogens with zero attached hydrogens (tertiary/aromatic N) is 2. The van der Waals surface area contributed by atoms with Crippen LogP contribution in [0.5, 0.6) is 0 Å². The Morgan fingerprint density at radius 3 is 2.35 bits per heavy atom. The van der Waals surface area contributed by atoms with Gasteiger partial charge in [-0.2, -0.15) is 8.42 Å². The van der Waals surface area contributed by atoms with Gasteiger partial charge in [0.15, 0.2) is 0 Å². The van der Waals surface area contributed by atoms with E-state index in [0.29, 0.717) is 10.8 Å². The Balaban J connectivity index is 2.12. The smallest absolute Gasteiger partial charge is 0.258 e. The lowest BCUT2D eigenvalue weighted by atomic mass is 10.0. The van der Waals surface area contributed by atoms with E-state index in [4.69, 9.17) is 0 Å². The first-order valence-corrected chi connectivity index (χ1v) is 9.52. The maximum Gasteiger partial charge on any atom is 0.289 e. The van der Waals surface area contributed by atoms with Crippen molar-refractivity contribution in [2.45, 2.75) is 34.5 Å². The van der Waals surface area contributed by atoms with Crippen molar-refractivity contribution in [3.63, 3.8) is 0 Å². The number of nitro benzene ring substituents is 1. The standard InChI is InChI=1S/C15H14N2O4S2/c1-10(2)11-3-6-13(7-4-11)22-14-8-5-12(17(18)19)9-15(14)23(20,21)16-22/h3-10H,1-2H3. The second kappa shape index (κ2) is 5.54. The number of fused-ring (bicyclic) bond motifs is 1. The van der Waals surface area contributed by atoms with Crippen molar-refractivity contribution in [1.82, 2.24) is 0 Å². The highest BCUT2D eigenvalue weighted by Crippen LogP contribution is 2.36. The number of benzene rings is 2. The summed E-state index contributed by atoms with van der Waals surface area (Å²) in [5.41, 5.74) is 0.909. The molecule has 3 rings (SSSR count). The van der Waals surface area contributed by atoms with Crippen LogP contribution in [0.25, 0.3) is 0 Å². The third kappa shape index (κ3) is 2.79. The fourth-order valence-electron chi connectivity index (χ4n) is 2.30. The van der Waals surface area contributed by atoms with Gasteiger partial charge in [-0.3, -0.25) is 10.1 Å². The van der Waals surface area contributed by atoms with Crippen LogP contribution in [0.1, 0.15) is 25.3 Å². The highest BCUT2D eigenvalue weighted by molar-refractivity contribution is 8.02. The first-order valence-electron chi connectivity index (χ1n) is 6.90. The highest BCUT2D eigenvalue weighted by atomic mass is 32.3. The average Bonchev–Trinajstić information content (AvgIpc) is 2.78. The van der Waals surface area contributed by atoms with E-state index in [1.807, 2.05) is 24.3 Å². The van der Waals surface area contributed by atoms with Gasteiger partial charge in [0, 0.05) is 21.9 Å². The number of hydrogen-bond donors (Lipinski definition) is 0. The molecule has 1 unspecified atom stereocenters. The molecule has 0 fully saturated rings. The first-order chi connectivity index (χ1) is 10.8. The van der Waals surface area contributed by atoms with Gasteiger partial charge in [-0.1, -0.05) is 26.0 Å². The zero-order valence-corrected chi connectivity index (χ0v) is 14.1. The summed E-state index contributed by atoms with van der Waals surface area (Å²) in [6.45, 7) is 4.16. The second-order valence-electron chi connectivity index (χ2n) is 5.45. The summed E-state index contributed by atoms with van der Waals surface area (Å²) in [5.74, 6) is 0.381. The molecule has 0 aliphatic carbocycles. The van der Waals surface area contributed by atoms with Crippen molar-refractivity contribution in [1.29, 1.82) is 0 Å². The molecule has 2 aromatic rings. The van der Waals surface area contributed by atoms with Gasteiger partial charge in [0.1, 0.15) is 4.90 Å². The van der Waals surface area contributed by atoms with Crippen LogP contribution in [0.15, 0.2) is 60.9 Å². The molecule has 23 heavy (non-hydrogen) atoms. The molecule has 6 nitrogen and oxygen atoms in total. The maximum absolute atomic E-state index is 12.2. The Morgan fingerprint density at radius 2 is 1.78 bits per heavy atom. The molecular formula is C15H14N2O4S2. The molecule has 1 aliphatic rings. The number of nitro groups is 1. The van der Waals surface area contributed by atoms with Gasteiger partial charge in [-0.05, 0) is 40.4 Å². The summed E-state index contributed by atoms with van der Waals surface area (Å²) in [6, 6.07) is 11.5. The lowest BCUT2D eigenvalue weighted by molar-refractivity contribution is -0.385. The summed E-state index contributed by atoms with van der Waals surface area (Å²) >= 11 is 0. The molecule has 0 radical (unpaired) electrons. The minimum atomic E-state index is -3.85. The summed E-state index contributed by atoms with van der Waals surface area (Å²) in [7, 11) is -4.82. The lowest BCUT2D eigenvalue weighted by Gasteiger charge is -2.07. The summed E-state index contributed by atoms with van der Waals surface area (Å²) in [4.78, 5) is 11.5. The molecule has 8 heteroatoms. The summed E-state index contributed by atoms with van der Waals surface area (Å²) in [6.07, 6.45) is 0. The van der Waals surface area contributed by atoms with Crippen LogP contribution in [0.2, 0.25) is 0 Å². The van der Waals surface area contributed by atoms with Crippen LogP contribution in [0.4, 0.5) is 5.69 Å². The molecule has 120 valence electrons. The Labute approximate surface area is 136 Å². The van der Waals surface area contributed by atoms with Crippen LogP contribution in [-0.2, 0) is 20.7 Å². The molecular weight excluding hydrogens is 336 g/mol. The lowest BCUT2D eigenvalue weighted by Crippen LogP contribution is -1.96. The molecule has 0 amide bonds. The maximum atomic E-state index is 12.2. The highest BCUT2D eigenvalue weighted by Gasteiger charge is 2.31. The second-order valence-corrected chi connectivity index (χ2v) is 8.91. The number of rotatable bonds is 3. The van der Waals surface area contributed by atoms with Gasteiger partial charge in [0.25, 0.3) is 15.7 Å². The van der Waals surface area contributed by atoms with Crippen molar-refractivity contribution in [2.75, 3.05) is 0 Å². The van der Waals surface area contributed by atoms with Gasteiger partial charge in [-0.25, -0.2) is 0 Å². The molecule has 1 aliphatic heterocycles. The van der Waals surface area contributed by atoms with E-state index in [-0.39, 0.29) is 10.6 Å². The first kappa shape index (κ1) is 15.8. The molecule has 0 N–H and O–H groups in total. The fraction of sp³-hybridized carbons (Fsp3) is 0.200. The van der Waals surface area contributed by atoms with E-state index < -0.39 is 25.6 Å². The number of hydrogen-bond acceptors (Lipinski definition) is 4. The Bertz CT molecular complexity index is 932. The molecule has 2 aromatic carbocycles. The molecule has 1 heterocycles. The van der Waals surface area contributed by atoms with Crippen molar-refractivity contribution in [3.8, 4) is 0 Å². The third-order valence-electron chi connectivity index (χ3n) is 3.57. The van der Waals surface area contributed by atoms with Crippen LogP contribution in [-0.4, -0.2) is 13.3 Å². The zero-order valence-electron chi connectivity index (χ0n) is 12.5. The van der Waals surface area contributed by atoms with E-state index in [1.165, 1.54) is 12.1 Å². The van der Waals surface area contributed by atoms with E-state index in [0.717, 1.165) is 16.5 Å². The Hall–Kier alpha value is -2.06. The van der Waals surface area contributed by atoms with E-state index in [9.17, 15) is 18.5 Å². The summed E-state index contributed by atoms with van der Waals surface area (Å²) in [5, 5.41) is 10.8. The molecule has 0 saturated carbocycles. The van der Waals surface area contributed by atoms with Crippen LogP contribution >= 0.6 is 0 Å². The van der Waals surface area contributed by atoms with E-state index in [2.05, 4.69) is 17.6 Å². The molecule has 0 aromatic heterocycles. The minimum Gasteiger partial charge on any atom is -0.258 e. The monoisotopic (exact) mass is 350 g/mol. The van der Waals surface area contributed by atoms with Crippen molar-refractivity contribution in [3.05, 3.63) is 58.1 Å². The average molecular weight is 350 g/mol. The molecule has 0 bridgehead atoms.